The average molecular weight is 326 g/mol. The van der Waals surface area contributed by atoms with Crippen molar-refractivity contribution in [2.45, 2.75) is 18.9 Å². The molecular weight excluding hydrogens is 308 g/mol. The minimum atomic E-state index is -0.550. The van der Waals surface area contributed by atoms with Crippen LogP contribution in [0.5, 0.6) is 5.75 Å². The number of amides is 1. The van der Waals surface area contributed by atoms with Gasteiger partial charge in [-0.1, -0.05) is 30.3 Å². The monoisotopic (exact) mass is 326 g/mol. The van der Waals surface area contributed by atoms with Crippen molar-refractivity contribution in [3.8, 4) is 5.75 Å². The lowest BCUT2D eigenvalue weighted by Gasteiger charge is -2.19. The predicted octanol–water partition coefficient (Wildman–Crippen LogP) is 3.48. The van der Waals surface area contributed by atoms with Gasteiger partial charge in [0.1, 0.15) is 0 Å². The van der Waals surface area contributed by atoms with Crippen molar-refractivity contribution in [1.29, 1.82) is 0 Å². The number of rotatable bonds is 6. The minimum absolute atomic E-state index is 0.0696. The fraction of sp³-hybridized carbons (Fsp3) is 0.278. The number of benzene rings is 2. The molecule has 0 unspecified atom stereocenters. The molecule has 1 N–H and O–H groups in total. The molecule has 2 aromatic rings. The van der Waals surface area contributed by atoms with Crippen molar-refractivity contribution in [1.82, 2.24) is 5.32 Å². The summed E-state index contributed by atoms with van der Waals surface area (Å²) in [7, 11) is 1.36. The van der Waals surface area contributed by atoms with Crippen LogP contribution in [0.4, 0.5) is 5.69 Å². The van der Waals surface area contributed by atoms with E-state index in [9.17, 15) is 14.9 Å². The Bertz CT molecular complexity index is 757. The molecule has 1 saturated carbocycles. The molecule has 0 saturated heterocycles. The van der Waals surface area contributed by atoms with Crippen LogP contribution < -0.4 is 10.1 Å². The zero-order valence-corrected chi connectivity index (χ0v) is 13.3. The highest BCUT2D eigenvalue weighted by Crippen LogP contribution is 2.41. The van der Waals surface area contributed by atoms with Gasteiger partial charge in [-0.3, -0.25) is 14.9 Å². The number of carbonyl (C=O) groups excluding carboxylic acids is 1. The molecule has 124 valence electrons. The molecule has 0 spiro atoms. The maximum Gasteiger partial charge on any atom is 0.311 e. The molecule has 0 radical (unpaired) electrons. The highest BCUT2D eigenvalue weighted by molar-refractivity contribution is 5.95. The predicted molar refractivity (Wildman–Crippen MR) is 89.0 cm³/mol. The van der Waals surface area contributed by atoms with Crippen molar-refractivity contribution < 1.29 is 14.5 Å². The molecule has 0 heterocycles. The normalized spacial score (nSPS) is 14.7. The molecule has 0 bridgehead atoms. The summed E-state index contributed by atoms with van der Waals surface area (Å²) in [5.41, 5.74) is 1.09. The molecule has 6 nitrogen and oxygen atoms in total. The van der Waals surface area contributed by atoms with Gasteiger partial charge in [0.05, 0.1) is 18.1 Å². The Hall–Kier alpha value is -2.89. The van der Waals surface area contributed by atoms with Crippen LogP contribution in [0.1, 0.15) is 34.8 Å². The van der Waals surface area contributed by atoms with E-state index in [-0.39, 0.29) is 28.9 Å². The highest BCUT2D eigenvalue weighted by atomic mass is 16.6. The molecule has 1 amide bonds. The summed E-state index contributed by atoms with van der Waals surface area (Å²) in [6, 6.07) is 14.0. The maximum absolute atomic E-state index is 12.6. The van der Waals surface area contributed by atoms with E-state index < -0.39 is 4.92 Å². The summed E-state index contributed by atoms with van der Waals surface area (Å²) in [4.78, 5) is 23.1. The minimum Gasteiger partial charge on any atom is -0.490 e. The van der Waals surface area contributed by atoms with E-state index in [1.165, 1.54) is 25.3 Å². The number of hydrogen-bond donors (Lipinski definition) is 1. The summed E-state index contributed by atoms with van der Waals surface area (Å²) in [5, 5.41) is 14.1. The van der Waals surface area contributed by atoms with E-state index in [1.807, 2.05) is 30.3 Å². The van der Waals surface area contributed by atoms with Gasteiger partial charge in [0.2, 0.25) is 0 Å². The number of nitrogens with zero attached hydrogens (tertiary/aromatic N) is 1. The first-order valence-electron chi connectivity index (χ1n) is 7.78. The molecule has 3 rings (SSSR count). The average Bonchev–Trinajstić information content (AvgIpc) is 3.44. The molecule has 1 fully saturated rings. The van der Waals surface area contributed by atoms with E-state index in [0.29, 0.717) is 5.92 Å². The second-order valence-corrected chi connectivity index (χ2v) is 5.84. The Labute approximate surface area is 139 Å². The van der Waals surface area contributed by atoms with Gasteiger partial charge in [0.25, 0.3) is 5.91 Å². The van der Waals surface area contributed by atoms with Crippen LogP contribution in [0.2, 0.25) is 0 Å². The fourth-order valence-electron chi connectivity index (χ4n) is 2.76. The summed E-state index contributed by atoms with van der Waals surface area (Å²) in [5.74, 6) is 0.240. The van der Waals surface area contributed by atoms with Gasteiger partial charge in [-0.25, -0.2) is 0 Å². The number of nitrogens with one attached hydrogen (secondary N) is 1. The molecule has 1 aliphatic rings. The third-order valence-corrected chi connectivity index (χ3v) is 4.18. The third-order valence-electron chi connectivity index (χ3n) is 4.18. The lowest BCUT2D eigenvalue weighted by atomic mass is 10.0. The smallest absolute Gasteiger partial charge is 0.311 e. The third kappa shape index (κ3) is 3.37. The van der Waals surface area contributed by atoms with Gasteiger partial charge in [0, 0.05) is 11.6 Å². The number of methoxy groups -OCH3 is 1. The summed E-state index contributed by atoms with van der Waals surface area (Å²) in [6.07, 6.45) is 2.14. The molecule has 0 aromatic heterocycles. The van der Waals surface area contributed by atoms with E-state index in [0.717, 1.165) is 18.4 Å². The number of nitro benzene ring substituents is 1. The van der Waals surface area contributed by atoms with Crippen LogP contribution in [-0.4, -0.2) is 17.9 Å². The van der Waals surface area contributed by atoms with Crippen LogP contribution in [0.25, 0.3) is 0 Å². The number of carbonyl (C=O) groups is 1. The number of nitro groups is 1. The highest BCUT2D eigenvalue weighted by Gasteiger charge is 2.33. The SMILES string of the molecule is COc1ccc(C(=O)N[C@@H](c2ccccc2)C2CC2)cc1[N+](=O)[O-]. The number of ether oxygens (including phenoxy) is 1. The van der Waals surface area contributed by atoms with E-state index in [4.69, 9.17) is 4.74 Å². The Morgan fingerprint density at radius 3 is 2.54 bits per heavy atom. The van der Waals surface area contributed by atoms with Crippen molar-refractivity contribution in [2.24, 2.45) is 5.92 Å². The maximum atomic E-state index is 12.6. The van der Waals surface area contributed by atoms with Crippen molar-refractivity contribution in [3.05, 3.63) is 69.8 Å². The van der Waals surface area contributed by atoms with Crippen LogP contribution in [-0.2, 0) is 0 Å². The Morgan fingerprint density at radius 2 is 1.96 bits per heavy atom. The van der Waals surface area contributed by atoms with E-state index in [1.54, 1.807) is 0 Å². The lowest BCUT2D eigenvalue weighted by molar-refractivity contribution is -0.385. The van der Waals surface area contributed by atoms with Gasteiger partial charge in [-0.05, 0) is 36.5 Å². The van der Waals surface area contributed by atoms with Crippen molar-refractivity contribution in [3.63, 3.8) is 0 Å². The van der Waals surface area contributed by atoms with Crippen LogP contribution in [0.15, 0.2) is 48.5 Å². The molecule has 1 aliphatic carbocycles. The second kappa shape index (κ2) is 6.70. The topological polar surface area (TPSA) is 81.5 Å². The van der Waals surface area contributed by atoms with Gasteiger partial charge < -0.3 is 10.1 Å². The first-order valence-corrected chi connectivity index (χ1v) is 7.78. The quantitative estimate of drug-likeness (QED) is 0.651. The molecule has 0 aliphatic heterocycles. The first-order chi connectivity index (χ1) is 11.6. The lowest BCUT2D eigenvalue weighted by Crippen LogP contribution is -2.29. The fourth-order valence-corrected chi connectivity index (χ4v) is 2.76. The van der Waals surface area contributed by atoms with Crippen LogP contribution >= 0.6 is 0 Å². The standard InChI is InChI=1S/C18H18N2O4/c1-24-16-10-9-14(11-15(16)20(22)23)18(21)19-17(13-7-8-13)12-5-3-2-4-6-12/h2-6,9-11,13,17H,7-8H2,1H3,(H,19,21)/t17-/m0/s1. The number of hydrogen-bond acceptors (Lipinski definition) is 4. The Balaban J connectivity index is 1.83. The Morgan fingerprint density at radius 1 is 1.25 bits per heavy atom. The summed E-state index contributed by atoms with van der Waals surface area (Å²) in [6.45, 7) is 0. The molecule has 6 heteroatoms. The zero-order chi connectivity index (χ0) is 17.1. The van der Waals surface area contributed by atoms with Crippen molar-refractivity contribution >= 4 is 11.6 Å². The van der Waals surface area contributed by atoms with Crippen LogP contribution in [0.3, 0.4) is 0 Å². The zero-order valence-electron chi connectivity index (χ0n) is 13.3. The van der Waals surface area contributed by atoms with Gasteiger partial charge >= 0.3 is 5.69 Å². The first kappa shape index (κ1) is 16.0. The van der Waals surface area contributed by atoms with Crippen LogP contribution in [0, 0.1) is 16.0 Å². The van der Waals surface area contributed by atoms with E-state index >= 15 is 0 Å². The summed E-state index contributed by atoms with van der Waals surface area (Å²) >= 11 is 0. The molecule has 2 aromatic carbocycles. The van der Waals surface area contributed by atoms with Gasteiger partial charge in [-0.15, -0.1) is 0 Å². The second-order valence-electron chi connectivity index (χ2n) is 5.84. The van der Waals surface area contributed by atoms with Crippen molar-refractivity contribution in [2.75, 3.05) is 7.11 Å². The van der Waals surface area contributed by atoms with Gasteiger partial charge in [-0.2, -0.15) is 0 Å². The summed E-state index contributed by atoms with van der Waals surface area (Å²) < 4.78 is 4.97. The molecule has 24 heavy (non-hydrogen) atoms. The van der Waals surface area contributed by atoms with Gasteiger partial charge in [0.15, 0.2) is 5.75 Å². The Kier molecular flexibility index (Phi) is 4.46. The molecular formula is C18H18N2O4. The largest absolute Gasteiger partial charge is 0.490 e. The molecule has 1 atom stereocenters. The van der Waals surface area contributed by atoms with E-state index in [2.05, 4.69) is 5.32 Å².